The third-order valence-electron chi connectivity index (χ3n) is 2.52. The molecular formula is C10H15NOS. The monoisotopic (exact) mass is 197 g/mol. The Balaban J connectivity index is 1.99. The van der Waals surface area contributed by atoms with Gasteiger partial charge < -0.3 is 10.1 Å². The summed E-state index contributed by atoms with van der Waals surface area (Å²) < 4.78 is 5.95. The van der Waals surface area contributed by atoms with E-state index in [4.69, 9.17) is 4.74 Å². The fraction of sp³-hybridized carbons (Fsp3) is 0.600. The van der Waals surface area contributed by atoms with Crippen LogP contribution in [0.4, 0.5) is 0 Å². The molecule has 1 fully saturated rings. The minimum Gasteiger partial charge on any atom is -0.487 e. The fourth-order valence-corrected chi connectivity index (χ4v) is 2.20. The average molecular weight is 197 g/mol. The number of nitrogens with one attached hydrogen (secondary N) is 1. The van der Waals surface area contributed by atoms with Crippen molar-refractivity contribution in [2.45, 2.75) is 25.4 Å². The smallest absolute Gasteiger partial charge is 0.130 e. The lowest BCUT2D eigenvalue weighted by Crippen LogP contribution is -2.43. The van der Waals surface area contributed by atoms with E-state index >= 15 is 0 Å². The van der Waals surface area contributed by atoms with Crippen molar-refractivity contribution < 1.29 is 4.74 Å². The molecule has 1 aromatic rings. The molecule has 0 unspecified atom stereocenters. The molecule has 0 atom stereocenters. The van der Waals surface area contributed by atoms with Crippen LogP contribution in [0.1, 0.15) is 19.8 Å². The van der Waals surface area contributed by atoms with Crippen LogP contribution in [0, 0.1) is 0 Å². The van der Waals surface area contributed by atoms with Gasteiger partial charge in [-0.15, -0.1) is 11.3 Å². The van der Waals surface area contributed by atoms with Gasteiger partial charge in [-0.2, -0.15) is 0 Å². The maximum Gasteiger partial charge on any atom is 0.130 e. The Bertz CT molecular complexity index is 252. The van der Waals surface area contributed by atoms with Crippen molar-refractivity contribution in [3.63, 3.8) is 0 Å². The summed E-state index contributed by atoms with van der Waals surface area (Å²) >= 11 is 1.69. The highest BCUT2D eigenvalue weighted by molar-refractivity contribution is 7.08. The highest BCUT2D eigenvalue weighted by atomic mass is 32.1. The van der Waals surface area contributed by atoms with Crippen LogP contribution in [0.2, 0.25) is 0 Å². The third kappa shape index (κ3) is 2.23. The first-order valence-corrected chi connectivity index (χ1v) is 5.65. The normalized spacial score (nSPS) is 21.3. The number of hydrogen-bond donors (Lipinski definition) is 1. The third-order valence-corrected chi connectivity index (χ3v) is 3.18. The second-order valence-electron chi connectivity index (χ2n) is 3.76. The van der Waals surface area contributed by atoms with Gasteiger partial charge in [-0.05, 0) is 44.3 Å². The molecule has 1 aliphatic heterocycles. The van der Waals surface area contributed by atoms with E-state index in [0.717, 1.165) is 31.7 Å². The zero-order valence-electron chi connectivity index (χ0n) is 7.88. The number of ether oxygens (including phenoxy) is 1. The molecule has 72 valence electrons. The molecular weight excluding hydrogens is 182 g/mol. The van der Waals surface area contributed by atoms with Crippen LogP contribution < -0.4 is 10.1 Å². The van der Waals surface area contributed by atoms with Crippen molar-refractivity contribution in [3.05, 3.63) is 16.8 Å². The molecule has 0 spiro atoms. The lowest BCUT2D eigenvalue weighted by Gasteiger charge is -2.34. The number of thiophene rings is 1. The lowest BCUT2D eigenvalue weighted by molar-refractivity contribution is 0.0561. The predicted octanol–water partition coefficient (Wildman–Crippen LogP) is 2.27. The van der Waals surface area contributed by atoms with E-state index in [1.165, 1.54) is 0 Å². The minimum atomic E-state index is 0.0479. The van der Waals surface area contributed by atoms with Crippen molar-refractivity contribution in [1.29, 1.82) is 0 Å². The summed E-state index contributed by atoms with van der Waals surface area (Å²) in [5, 5.41) is 7.46. The predicted molar refractivity (Wildman–Crippen MR) is 55.5 cm³/mol. The highest BCUT2D eigenvalue weighted by Gasteiger charge is 2.28. The van der Waals surface area contributed by atoms with Gasteiger partial charge in [0.15, 0.2) is 0 Å². The summed E-state index contributed by atoms with van der Waals surface area (Å²) in [5.74, 6) is 1.02. The molecule has 0 aromatic carbocycles. The van der Waals surface area contributed by atoms with Crippen LogP contribution in [0.15, 0.2) is 16.8 Å². The zero-order valence-corrected chi connectivity index (χ0v) is 8.69. The standard InChI is InChI=1S/C10H15NOS/c1-10(3-5-11-6-4-10)12-9-2-7-13-8-9/h2,7-8,11H,3-6H2,1H3. The van der Waals surface area contributed by atoms with Gasteiger partial charge in [0.05, 0.1) is 0 Å². The molecule has 2 heterocycles. The van der Waals surface area contributed by atoms with Gasteiger partial charge >= 0.3 is 0 Å². The fourth-order valence-electron chi connectivity index (χ4n) is 1.65. The van der Waals surface area contributed by atoms with Gasteiger partial charge in [-0.3, -0.25) is 0 Å². The zero-order chi connectivity index (χ0) is 9.15. The van der Waals surface area contributed by atoms with E-state index in [1.807, 2.05) is 6.07 Å². The van der Waals surface area contributed by atoms with E-state index in [2.05, 4.69) is 23.0 Å². The number of hydrogen-bond acceptors (Lipinski definition) is 3. The van der Waals surface area contributed by atoms with Gasteiger partial charge in [-0.25, -0.2) is 0 Å². The van der Waals surface area contributed by atoms with E-state index in [1.54, 1.807) is 11.3 Å². The summed E-state index contributed by atoms with van der Waals surface area (Å²) in [5.41, 5.74) is 0.0479. The summed E-state index contributed by atoms with van der Waals surface area (Å²) in [6, 6.07) is 2.04. The molecule has 0 aliphatic carbocycles. The Morgan fingerprint density at radius 2 is 2.23 bits per heavy atom. The van der Waals surface area contributed by atoms with Gasteiger partial charge in [0.25, 0.3) is 0 Å². The highest BCUT2D eigenvalue weighted by Crippen LogP contribution is 2.27. The molecule has 13 heavy (non-hydrogen) atoms. The largest absolute Gasteiger partial charge is 0.487 e. The average Bonchev–Trinajstić information content (AvgIpc) is 2.57. The molecule has 0 bridgehead atoms. The van der Waals surface area contributed by atoms with Gasteiger partial charge in [0.1, 0.15) is 11.4 Å². The van der Waals surface area contributed by atoms with Crippen LogP contribution in [-0.4, -0.2) is 18.7 Å². The van der Waals surface area contributed by atoms with Crippen LogP contribution in [-0.2, 0) is 0 Å². The van der Waals surface area contributed by atoms with Crippen molar-refractivity contribution in [2.75, 3.05) is 13.1 Å². The van der Waals surface area contributed by atoms with Crippen molar-refractivity contribution in [3.8, 4) is 5.75 Å². The SMILES string of the molecule is CC1(Oc2ccsc2)CCNCC1. The van der Waals surface area contributed by atoms with Crippen molar-refractivity contribution in [2.24, 2.45) is 0 Å². The Kier molecular flexibility index (Phi) is 2.56. The molecule has 1 N–H and O–H groups in total. The van der Waals surface area contributed by atoms with Crippen LogP contribution in [0.3, 0.4) is 0 Å². The summed E-state index contributed by atoms with van der Waals surface area (Å²) in [7, 11) is 0. The quantitative estimate of drug-likeness (QED) is 0.785. The first kappa shape index (κ1) is 9.03. The second kappa shape index (κ2) is 3.68. The van der Waals surface area contributed by atoms with Crippen molar-refractivity contribution >= 4 is 11.3 Å². The van der Waals surface area contributed by atoms with Gasteiger partial charge in [0.2, 0.25) is 0 Å². The maximum atomic E-state index is 5.95. The van der Waals surface area contributed by atoms with E-state index < -0.39 is 0 Å². The molecule has 1 aromatic heterocycles. The van der Waals surface area contributed by atoms with E-state index in [9.17, 15) is 0 Å². The van der Waals surface area contributed by atoms with Crippen LogP contribution >= 0.6 is 11.3 Å². The summed E-state index contributed by atoms with van der Waals surface area (Å²) in [4.78, 5) is 0. The topological polar surface area (TPSA) is 21.3 Å². The molecule has 0 radical (unpaired) electrons. The minimum absolute atomic E-state index is 0.0479. The first-order chi connectivity index (χ1) is 6.29. The molecule has 1 aliphatic rings. The summed E-state index contributed by atoms with van der Waals surface area (Å²) in [6.45, 7) is 4.34. The second-order valence-corrected chi connectivity index (χ2v) is 4.54. The van der Waals surface area contributed by atoms with Gasteiger partial charge in [-0.1, -0.05) is 0 Å². The molecule has 2 rings (SSSR count). The number of rotatable bonds is 2. The first-order valence-electron chi connectivity index (χ1n) is 4.70. The molecule has 0 amide bonds. The Labute approximate surface area is 82.9 Å². The Morgan fingerprint density at radius 3 is 2.85 bits per heavy atom. The molecule has 3 heteroatoms. The van der Waals surface area contributed by atoms with Crippen LogP contribution in [0.25, 0.3) is 0 Å². The number of piperidine rings is 1. The van der Waals surface area contributed by atoms with Crippen LogP contribution in [0.5, 0.6) is 5.75 Å². The van der Waals surface area contributed by atoms with E-state index in [0.29, 0.717) is 0 Å². The van der Waals surface area contributed by atoms with Gasteiger partial charge in [0, 0.05) is 5.38 Å². The maximum absolute atomic E-state index is 5.95. The lowest BCUT2D eigenvalue weighted by atomic mass is 9.94. The van der Waals surface area contributed by atoms with Crippen molar-refractivity contribution in [1.82, 2.24) is 5.32 Å². The Morgan fingerprint density at radius 1 is 1.46 bits per heavy atom. The molecule has 0 saturated carbocycles. The Hall–Kier alpha value is -0.540. The molecule has 1 saturated heterocycles. The summed E-state index contributed by atoms with van der Waals surface area (Å²) in [6.07, 6.45) is 2.20. The molecule has 2 nitrogen and oxygen atoms in total. The van der Waals surface area contributed by atoms with E-state index in [-0.39, 0.29) is 5.60 Å².